The molecule has 7 heteroatoms. The fourth-order valence-corrected chi connectivity index (χ4v) is 4.07. The lowest BCUT2D eigenvalue weighted by atomic mass is 9.97. The SMILES string of the molecule is O=C(Cc1cccc(F)c1)N1CCO[C@@H](CN2CCOCC2)[C@@H]1c1cccnc1. The molecule has 0 saturated carbocycles. The molecular formula is C22H26FN3O3. The van der Waals surface area contributed by atoms with Gasteiger partial charge < -0.3 is 14.4 Å². The van der Waals surface area contributed by atoms with Gasteiger partial charge >= 0.3 is 0 Å². The van der Waals surface area contributed by atoms with Gasteiger partial charge in [-0.2, -0.15) is 0 Å². The number of carbonyl (C=O) groups excluding carboxylic acids is 1. The summed E-state index contributed by atoms with van der Waals surface area (Å²) in [6, 6.07) is 9.87. The van der Waals surface area contributed by atoms with Gasteiger partial charge in [-0.15, -0.1) is 0 Å². The maximum absolute atomic E-state index is 13.6. The van der Waals surface area contributed by atoms with E-state index in [9.17, 15) is 9.18 Å². The first kappa shape index (κ1) is 19.9. The number of pyridine rings is 1. The van der Waals surface area contributed by atoms with Crippen LogP contribution in [-0.4, -0.2) is 72.8 Å². The van der Waals surface area contributed by atoms with Crippen LogP contribution in [0.3, 0.4) is 0 Å². The first-order chi connectivity index (χ1) is 14.2. The first-order valence-corrected chi connectivity index (χ1v) is 10.1. The summed E-state index contributed by atoms with van der Waals surface area (Å²) >= 11 is 0. The highest BCUT2D eigenvalue weighted by molar-refractivity contribution is 5.79. The molecule has 29 heavy (non-hydrogen) atoms. The summed E-state index contributed by atoms with van der Waals surface area (Å²) in [6.07, 6.45) is 3.54. The van der Waals surface area contributed by atoms with Crippen molar-refractivity contribution in [2.45, 2.75) is 18.6 Å². The van der Waals surface area contributed by atoms with Crippen LogP contribution in [-0.2, 0) is 20.7 Å². The van der Waals surface area contributed by atoms with Crippen LogP contribution >= 0.6 is 0 Å². The van der Waals surface area contributed by atoms with Crippen LogP contribution in [0.15, 0.2) is 48.8 Å². The summed E-state index contributed by atoms with van der Waals surface area (Å²) in [6.45, 7) is 4.87. The van der Waals surface area contributed by atoms with Crippen LogP contribution in [0.4, 0.5) is 4.39 Å². The number of halogens is 1. The van der Waals surface area contributed by atoms with Crippen molar-refractivity contribution >= 4 is 5.91 Å². The fourth-order valence-electron chi connectivity index (χ4n) is 4.07. The van der Waals surface area contributed by atoms with E-state index in [0.29, 0.717) is 31.9 Å². The number of benzene rings is 1. The first-order valence-electron chi connectivity index (χ1n) is 10.1. The highest BCUT2D eigenvalue weighted by Gasteiger charge is 2.37. The van der Waals surface area contributed by atoms with Gasteiger partial charge in [-0.25, -0.2) is 4.39 Å². The number of nitrogens with zero attached hydrogens (tertiary/aromatic N) is 3. The molecule has 0 radical (unpaired) electrons. The van der Waals surface area contributed by atoms with E-state index in [1.54, 1.807) is 24.5 Å². The van der Waals surface area contributed by atoms with E-state index >= 15 is 0 Å². The van der Waals surface area contributed by atoms with E-state index in [1.807, 2.05) is 17.0 Å². The zero-order chi connectivity index (χ0) is 20.1. The molecule has 0 N–H and O–H groups in total. The van der Waals surface area contributed by atoms with Crippen molar-refractivity contribution < 1.29 is 18.7 Å². The largest absolute Gasteiger partial charge is 0.379 e. The number of hydrogen-bond donors (Lipinski definition) is 0. The molecule has 1 amide bonds. The van der Waals surface area contributed by atoms with E-state index in [4.69, 9.17) is 9.47 Å². The lowest BCUT2D eigenvalue weighted by Crippen LogP contribution is -2.53. The Kier molecular flexibility index (Phi) is 6.49. The minimum atomic E-state index is -0.328. The van der Waals surface area contributed by atoms with Crippen molar-refractivity contribution in [2.24, 2.45) is 0 Å². The van der Waals surface area contributed by atoms with Crippen molar-refractivity contribution in [3.05, 3.63) is 65.7 Å². The summed E-state index contributed by atoms with van der Waals surface area (Å²) in [7, 11) is 0. The minimum Gasteiger partial charge on any atom is -0.379 e. The summed E-state index contributed by atoms with van der Waals surface area (Å²) in [5.74, 6) is -0.356. The summed E-state index contributed by atoms with van der Waals surface area (Å²) in [5, 5.41) is 0. The zero-order valence-electron chi connectivity index (χ0n) is 16.4. The third-order valence-electron chi connectivity index (χ3n) is 5.48. The summed E-state index contributed by atoms with van der Waals surface area (Å²) in [5.41, 5.74) is 1.63. The third-order valence-corrected chi connectivity index (χ3v) is 5.48. The van der Waals surface area contributed by atoms with Gasteiger partial charge in [0, 0.05) is 38.6 Å². The second-order valence-electron chi connectivity index (χ2n) is 7.45. The molecule has 2 aromatic rings. The molecule has 0 unspecified atom stereocenters. The van der Waals surface area contributed by atoms with Crippen molar-refractivity contribution in [1.29, 1.82) is 0 Å². The van der Waals surface area contributed by atoms with Crippen LogP contribution < -0.4 is 0 Å². The molecule has 1 aromatic carbocycles. The van der Waals surface area contributed by atoms with Gasteiger partial charge in [-0.05, 0) is 29.3 Å². The van der Waals surface area contributed by atoms with E-state index in [1.165, 1.54) is 12.1 Å². The number of aromatic nitrogens is 1. The molecule has 154 valence electrons. The number of rotatable bonds is 5. The normalized spacial score (nSPS) is 23.1. The summed E-state index contributed by atoms with van der Waals surface area (Å²) in [4.78, 5) is 21.6. The Morgan fingerprint density at radius 3 is 2.76 bits per heavy atom. The fraction of sp³-hybridized carbons (Fsp3) is 0.455. The predicted molar refractivity (Wildman–Crippen MR) is 106 cm³/mol. The molecule has 0 aliphatic carbocycles. The Bertz CT molecular complexity index is 814. The standard InChI is InChI=1S/C22H26FN3O3/c23-19-5-1-3-17(13-19)14-21(27)26-9-12-29-20(16-25-7-10-28-11-8-25)22(26)18-4-2-6-24-15-18/h1-6,13,15,20,22H,7-12,14,16H2/t20-,22-/m0/s1. The average molecular weight is 399 g/mol. The molecule has 2 saturated heterocycles. The lowest BCUT2D eigenvalue weighted by Gasteiger charge is -2.43. The molecule has 3 heterocycles. The smallest absolute Gasteiger partial charge is 0.227 e. The Morgan fingerprint density at radius 2 is 2.00 bits per heavy atom. The van der Waals surface area contributed by atoms with Gasteiger partial charge in [0.2, 0.25) is 5.91 Å². The predicted octanol–water partition coefficient (Wildman–Crippen LogP) is 2.06. The quantitative estimate of drug-likeness (QED) is 0.771. The Balaban J connectivity index is 1.55. The second-order valence-corrected chi connectivity index (χ2v) is 7.45. The molecule has 4 rings (SSSR count). The van der Waals surface area contributed by atoms with E-state index in [-0.39, 0.29) is 30.3 Å². The van der Waals surface area contributed by atoms with Crippen molar-refractivity contribution in [3.63, 3.8) is 0 Å². The number of ether oxygens (including phenoxy) is 2. The topological polar surface area (TPSA) is 54.9 Å². The minimum absolute atomic E-state index is 0.0280. The maximum atomic E-state index is 13.6. The molecule has 2 aliphatic heterocycles. The Hall–Kier alpha value is -2.35. The maximum Gasteiger partial charge on any atom is 0.227 e. The molecule has 2 fully saturated rings. The molecule has 0 spiro atoms. The van der Waals surface area contributed by atoms with Crippen LogP contribution in [0.25, 0.3) is 0 Å². The van der Waals surface area contributed by atoms with Gasteiger partial charge in [0.25, 0.3) is 0 Å². The molecule has 2 aliphatic rings. The average Bonchev–Trinajstić information content (AvgIpc) is 2.75. The van der Waals surface area contributed by atoms with E-state index in [2.05, 4.69) is 9.88 Å². The van der Waals surface area contributed by atoms with Crippen LogP contribution in [0.2, 0.25) is 0 Å². The van der Waals surface area contributed by atoms with Crippen molar-refractivity contribution in [1.82, 2.24) is 14.8 Å². The molecule has 6 nitrogen and oxygen atoms in total. The van der Waals surface area contributed by atoms with Gasteiger partial charge in [0.1, 0.15) is 5.82 Å². The zero-order valence-corrected chi connectivity index (χ0v) is 16.4. The molecule has 2 atom stereocenters. The Morgan fingerprint density at radius 1 is 1.14 bits per heavy atom. The van der Waals surface area contributed by atoms with Gasteiger partial charge in [0.15, 0.2) is 0 Å². The third kappa shape index (κ3) is 4.98. The molecule has 1 aromatic heterocycles. The molecule has 0 bridgehead atoms. The van der Waals surface area contributed by atoms with Gasteiger partial charge in [-0.1, -0.05) is 18.2 Å². The summed E-state index contributed by atoms with van der Waals surface area (Å²) < 4.78 is 25.1. The number of amides is 1. The highest BCUT2D eigenvalue weighted by atomic mass is 19.1. The Labute approximate surface area is 170 Å². The van der Waals surface area contributed by atoms with Crippen molar-refractivity contribution in [2.75, 3.05) is 46.0 Å². The van der Waals surface area contributed by atoms with Crippen molar-refractivity contribution in [3.8, 4) is 0 Å². The lowest BCUT2D eigenvalue weighted by molar-refractivity contribution is -0.148. The van der Waals surface area contributed by atoms with E-state index < -0.39 is 0 Å². The number of hydrogen-bond acceptors (Lipinski definition) is 5. The number of morpholine rings is 2. The van der Waals surface area contributed by atoms with Crippen LogP contribution in [0.5, 0.6) is 0 Å². The van der Waals surface area contributed by atoms with Gasteiger partial charge in [0.05, 0.1) is 38.4 Å². The second kappa shape index (κ2) is 9.43. The van der Waals surface area contributed by atoms with Gasteiger partial charge in [-0.3, -0.25) is 14.7 Å². The van der Waals surface area contributed by atoms with Crippen LogP contribution in [0.1, 0.15) is 17.2 Å². The highest BCUT2D eigenvalue weighted by Crippen LogP contribution is 2.30. The number of carbonyl (C=O) groups is 1. The monoisotopic (exact) mass is 399 g/mol. The van der Waals surface area contributed by atoms with Crippen LogP contribution in [0, 0.1) is 5.82 Å². The van der Waals surface area contributed by atoms with E-state index in [0.717, 1.165) is 25.2 Å². The molecular weight excluding hydrogens is 373 g/mol.